The van der Waals surface area contributed by atoms with Crippen molar-refractivity contribution in [2.24, 2.45) is 0 Å². The first-order valence-electron chi connectivity index (χ1n) is 10.5. The molecule has 2 aromatic carbocycles. The Morgan fingerprint density at radius 2 is 1.75 bits per heavy atom. The smallest absolute Gasteiger partial charge is 0.286 e. The quantitative estimate of drug-likeness (QED) is 0.388. The van der Waals surface area contributed by atoms with Gasteiger partial charge in [-0.2, -0.15) is 5.01 Å². The maximum Gasteiger partial charge on any atom is 0.286 e. The molecule has 0 aliphatic carbocycles. The van der Waals surface area contributed by atoms with Gasteiger partial charge in [0, 0.05) is 17.7 Å². The average Bonchev–Trinajstić information content (AvgIpc) is 3.22. The van der Waals surface area contributed by atoms with Crippen molar-refractivity contribution in [1.82, 2.24) is 10.4 Å². The van der Waals surface area contributed by atoms with Crippen molar-refractivity contribution in [2.45, 2.75) is 33.1 Å². The van der Waals surface area contributed by atoms with Gasteiger partial charge >= 0.3 is 0 Å². The van der Waals surface area contributed by atoms with Gasteiger partial charge in [-0.15, -0.1) is 0 Å². The van der Waals surface area contributed by atoms with E-state index in [1.165, 1.54) is 0 Å². The summed E-state index contributed by atoms with van der Waals surface area (Å²) in [4.78, 5) is 41.2. The van der Waals surface area contributed by atoms with Gasteiger partial charge in [-0.25, -0.2) is 0 Å². The van der Waals surface area contributed by atoms with Crippen LogP contribution in [0.15, 0.2) is 53.4 Å². The number of hydrazine groups is 1. The molecule has 0 saturated carbocycles. The highest BCUT2D eigenvalue weighted by atomic mass is 32.2. The van der Waals surface area contributed by atoms with Gasteiger partial charge in [0.1, 0.15) is 0 Å². The van der Waals surface area contributed by atoms with E-state index in [9.17, 15) is 14.4 Å². The molecule has 6 nitrogen and oxygen atoms in total. The maximum absolute atomic E-state index is 13.3. The molecule has 2 aliphatic rings. The zero-order valence-corrected chi connectivity index (χ0v) is 19.5. The third-order valence-corrected chi connectivity index (χ3v) is 6.80. The number of thioether (sulfide) groups is 1. The lowest BCUT2D eigenvalue weighted by atomic mass is 10.1. The van der Waals surface area contributed by atoms with Crippen LogP contribution in [0.25, 0.3) is 5.57 Å². The molecule has 164 valence electrons. The summed E-state index contributed by atoms with van der Waals surface area (Å²) in [5, 5.41) is 1.06. The first-order valence-corrected chi connectivity index (χ1v) is 11.7. The Balaban J connectivity index is 1.63. The number of fused-ring (bicyclic) bond motifs is 1. The van der Waals surface area contributed by atoms with Crippen LogP contribution < -0.4 is 10.3 Å². The van der Waals surface area contributed by atoms with Crippen molar-refractivity contribution in [2.75, 3.05) is 11.4 Å². The Bertz CT molecular complexity index is 1140. The van der Waals surface area contributed by atoms with Gasteiger partial charge in [0.05, 0.1) is 16.2 Å². The third kappa shape index (κ3) is 4.08. The van der Waals surface area contributed by atoms with Gasteiger partial charge < -0.3 is 4.90 Å². The Labute approximate surface area is 196 Å². The van der Waals surface area contributed by atoms with Crippen LogP contribution in [0.2, 0.25) is 0 Å². The normalized spacial score (nSPS) is 17.9. The second-order valence-electron chi connectivity index (χ2n) is 7.70. The molecule has 0 aromatic heterocycles. The zero-order chi connectivity index (χ0) is 22.8. The van der Waals surface area contributed by atoms with Crippen molar-refractivity contribution >= 4 is 57.3 Å². The van der Waals surface area contributed by atoms with Gasteiger partial charge in [-0.1, -0.05) is 67.4 Å². The minimum atomic E-state index is -0.492. The Kier molecular flexibility index (Phi) is 6.43. The zero-order valence-electron chi connectivity index (χ0n) is 17.9. The number of carbonyl (C=O) groups excluding carboxylic acids is 3. The molecule has 2 heterocycles. The molecule has 3 amide bonds. The van der Waals surface area contributed by atoms with Crippen molar-refractivity contribution in [3.63, 3.8) is 0 Å². The van der Waals surface area contributed by atoms with Crippen LogP contribution in [-0.2, 0) is 9.59 Å². The number of thiocarbonyl (C=S) groups is 1. The van der Waals surface area contributed by atoms with Gasteiger partial charge in [-0.3, -0.25) is 19.8 Å². The molecular formula is C24H23N3O3S2. The number of anilines is 1. The molecule has 1 fully saturated rings. The van der Waals surface area contributed by atoms with Crippen LogP contribution in [0.3, 0.4) is 0 Å². The van der Waals surface area contributed by atoms with E-state index < -0.39 is 11.8 Å². The Hall–Kier alpha value is -2.97. The van der Waals surface area contributed by atoms with E-state index in [1.807, 2.05) is 43.3 Å². The highest BCUT2D eigenvalue weighted by Gasteiger charge is 2.42. The molecule has 0 unspecified atom stereocenters. The number of hydrogen-bond donors (Lipinski definition) is 1. The minimum absolute atomic E-state index is 0.188. The minimum Gasteiger partial charge on any atom is -0.308 e. The number of para-hydroxylation sites is 1. The molecule has 2 aliphatic heterocycles. The van der Waals surface area contributed by atoms with Gasteiger partial charge in [0.15, 0.2) is 4.32 Å². The summed E-state index contributed by atoms with van der Waals surface area (Å²) in [7, 11) is 0. The van der Waals surface area contributed by atoms with E-state index in [0.29, 0.717) is 17.7 Å². The number of nitrogens with one attached hydrogen (secondary N) is 1. The van der Waals surface area contributed by atoms with Crippen molar-refractivity contribution in [3.05, 3.63) is 70.1 Å². The number of carbonyl (C=O) groups is 3. The monoisotopic (exact) mass is 465 g/mol. The fourth-order valence-corrected chi connectivity index (χ4v) is 4.98. The maximum atomic E-state index is 13.3. The molecule has 1 N–H and O–H groups in total. The summed E-state index contributed by atoms with van der Waals surface area (Å²) in [5.41, 5.74) is 5.90. The second-order valence-corrected chi connectivity index (χ2v) is 9.34. The second kappa shape index (κ2) is 9.26. The average molecular weight is 466 g/mol. The third-order valence-electron chi connectivity index (χ3n) is 5.43. The number of nitrogens with zero attached hydrogens (tertiary/aromatic N) is 2. The highest BCUT2D eigenvalue weighted by molar-refractivity contribution is 8.26. The topological polar surface area (TPSA) is 69.7 Å². The summed E-state index contributed by atoms with van der Waals surface area (Å²) < 4.78 is 0.188. The molecule has 0 radical (unpaired) electrons. The Morgan fingerprint density at radius 3 is 2.47 bits per heavy atom. The number of rotatable bonds is 6. The van der Waals surface area contributed by atoms with Crippen LogP contribution in [0, 0.1) is 6.92 Å². The number of benzene rings is 2. The number of amides is 3. The molecule has 4 rings (SSSR count). The predicted octanol–water partition coefficient (Wildman–Crippen LogP) is 4.45. The van der Waals surface area contributed by atoms with Gasteiger partial charge in [-0.05, 0) is 43.8 Å². The molecule has 1 saturated heterocycles. The van der Waals surface area contributed by atoms with Crippen molar-refractivity contribution < 1.29 is 14.4 Å². The van der Waals surface area contributed by atoms with E-state index in [-0.39, 0.29) is 15.1 Å². The molecular weight excluding hydrogens is 442 g/mol. The summed E-state index contributed by atoms with van der Waals surface area (Å²) in [6.07, 6.45) is 2.96. The van der Waals surface area contributed by atoms with Crippen molar-refractivity contribution in [3.8, 4) is 0 Å². The largest absolute Gasteiger partial charge is 0.308 e. The van der Waals surface area contributed by atoms with Crippen LogP contribution in [0.1, 0.15) is 47.7 Å². The van der Waals surface area contributed by atoms with E-state index in [1.54, 1.807) is 17.0 Å². The Morgan fingerprint density at radius 1 is 1.03 bits per heavy atom. The molecule has 0 bridgehead atoms. The lowest BCUT2D eigenvalue weighted by Gasteiger charge is -2.17. The molecule has 2 aromatic rings. The van der Waals surface area contributed by atoms with Crippen LogP contribution in [0.5, 0.6) is 0 Å². The van der Waals surface area contributed by atoms with E-state index in [2.05, 4.69) is 12.3 Å². The van der Waals surface area contributed by atoms with E-state index in [4.69, 9.17) is 12.2 Å². The predicted molar refractivity (Wildman–Crippen MR) is 131 cm³/mol. The van der Waals surface area contributed by atoms with Gasteiger partial charge in [0.25, 0.3) is 17.7 Å². The first-order chi connectivity index (χ1) is 15.4. The van der Waals surface area contributed by atoms with Crippen LogP contribution in [-0.4, -0.2) is 33.6 Å². The standard InChI is InChI=1S/C24H23N3O3S2/c1-3-4-7-14-26-18-9-6-5-8-17(18)19(22(26)29)20-23(30)27(24(31)32-20)25-21(28)16-12-10-15(2)11-13-16/h5-6,8-13H,3-4,7,14H2,1-2H3,(H,25,28)/b20-19-. The molecule has 32 heavy (non-hydrogen) atoms. The molecule has 0 atom stereocenters. The van der Waals surface area contributed by atoms with E-state index >= 15 is 0 Å². The SMILES string of the molecule is CCCCCN1C(=O)/C(=C2\SC(=S)N(NC(=O)c3ccc(C)cc3)C2=O)c2ccccc21. The summed E-state index contributed by atoms with van der Waals surface area (Å²) in [5.74, 6) is -1.13. The highest BCUT2D eigenvalue weighted by Crippen LogP contribution is 2.44. The molecule has 0 spiro atoms. The van der Waals surface area contributed by atoms with Gasteiger partial charge in [0.2, 0.25) is 0 Å². The van der Waals surface area contributed by atoms with E-state index in [0.717, 1.165) is 52.8 Å². The van der Waals surface area contributed by atoms with Crippen LogP contribution in [0.4, 0.5) is 5.69 Å². The van der Waals surface area contributed by atoms with Crippen LogP contribution >= 0.6 is 24.0 Å². The summed E-state index contributed by atoms with van der Waals surface area (Å²) in [6.45, 7) is 4.64. The summed E-state index contributed by atoms with van der Waals surface area (Å²) in [6, 6.07) is 14.5. The molecule has 8 heteroatoms. The first kappa shape index (κ1) is 22.2. The summed E-state index contributed by atoms with van der Waals surface area (Å²) >= 11 is 6.41. The lowest BCUT2D eigenvalue weighted by Crippen LogP contribution is -2.45. The fourth-order valence-electron chi connectivity index (χ4n) is 3.73. The lowest BCUT2D eigenvalue weighted by molar-refractivity contribution is -0.124. The number of hydrogen-bond acceptors (Lipinski definition) is 5. The van der Waals surface area contributed by atoms with Crippen molar-refractivity contribution in [1.29, 1.82) is 0 Å². The fraction of sp³-hybridized carbons (Fsp3) is 0.250. The number of unbranched alkanes of at least 4 members (excludes halogenated alkanes) is 2. The number of aryl methyl sites for hydroxylation is 1.